The molecule has 0 atom stereocenters. The summed E-state index contributed by atoms with van der Waals surface area (Å²) >= 11 is 0. The van der Waals surface area contributed by atoms with E-state index in [0.717, 1.165) is 16.9 Å². The van der Waals surface area contributed by atoms with E-state index in [1.165, 1.54) is 0 Å². The Labute approximate surface area is 104 Å². The van der Waals surface area contributed by atoms with Crippen LogP contribution in [0.5, 0.6) is 0 Å². The minimum Gasteiger partial charge on any atom is -0.331 e. The van der Waals surface area contributed by atoms with Gasteiger partial charge in [0.05, 0.1) is 11.0 Å². The van der Waals surface area contributed by atoms with Crippen molar-refractivity contribution in [1.29, 1.82) is 0 Å². The molecule has 0 unspecified atom stereocenters. The zero-order chi connectivity index (χ0) is 13.1. The Hall–Kier alpha value is -2.33. The van der Waals surface area contributed by atoms with E-state index >= 15 is 0 Å². The number of fused-ring (bicyclic) bond motifs is 1. The second-order valence-electron chi connectivity index (χ2n) is 4.05. The summed E-state index contributed by atoms with van der Waals surface area (Å²) in [4.78, 5) is 18.8. The number of hydrogen-bond donors (Lipinski definition) is 0. The molecule has 1 aromatic heterocycles. The monoisotopic (exact) mass is 243 g/mol. The summed E-state index contributed by atoms with van der Waals surface area (Å²) < 4.78 is 1.98. The Morgan fingerprint density at radius 3 is 3.06 bits per heavy atom. The number of aryl methyl sites for hydroxylation is 2. The Kier molecular flexibility index (Phi) is 3.30. The summed E-state index contributed by atoms with van der Waals surface area (Å²) in [6, 6.07) is 5.44. The van der Waals surface area contributed by atoms with Crippen LogP contribution in [-0.4, -0.2) is 21.9 Å². The highest BCUT2D eigenvalue weighted by molar-refractivity contribution is 5.99. The quantitative estimate of drug-likeness (QED) is 0.358. The maximum Gasteiger partial charge on any atom is 0.163 e. The van der Waals surface area contributed by atoms with Gasteiger partial charge in [-0.3, -0.25) is 4.79 Å². The van der Waals surface area contributed by atoms with Crippen molar-refractivity contribution >= 4 is 16.8 Å². The lowest BCUT2D eigenvalue weighted by Crippen LogP contribution is -2.00. The molecule has 0 N–H and O–H groups in total. The Balaban J connectivity index is 2.29. The summed E-state index contributed by atoms with van der Waals surface area (Å²) in [6.45, 7) is 2.11. The lowest BCUT2D eigenvalue weighted by Gasteiger charge is -2.00. The summed E-state index contributed by atoms with van der Waals surface area (Å²) in [7, 11) is 1.94. The number of azide groups is 1. The number of carbonyl (C=O) groups excluding carboxylic acids is 1. The number of benzene rings is 1. The minimum atomic E-state index is -0.0346. The average Bonchev–Trinajstić information content (AvgIpc) is 2.65. The van der Waals surface area contributed by atoms with Crippen molar-refractivity contribution in [1.82, 2.24) is 9.55 Å². The number of Topliss-reactive ketones (excluding diaryl/α,β-unsaturated/α-hetero) is 1. The van der Waals surface area contributed by atoms with Crippen LogP contribution in [0.4, 0.5) is 0 Å². The Bertz CT molecular complexity index is 652. The molecule has 6 heteroatoms. The van der Waals surface area contributed by atoms with Crippen LogP contribution in [0.1, 0.15) is 22.6 Å². The molecule has 0 bridgehead atoms. The molecule has 1 aromatic carbocycles. The fraction of sp³-hybridized carbons (Fsp3) is 0.333. The fourth-order valence-corrected chi connectivity index (χ4v) is 1.83. The van der Waals surface area contributed by atoms with E-state index in [9.17, 15) is 4.79 Å². The fourth-order valence-electron chi connectivity index (χ4n) is 1.83. The number of nitrogens with zero attached hydrogens (tertiary/aromatic N) is 5. The number of carbonyl (C=O) groups is 1. The number of aromatic nitrogens is 2. The first-order chi connectivity index (χ1) is 8.63. The highest BCUT2D eigenvalue weighted by Crippen LogP contribution is 2.17. The molecule has 2 rings (SSSR count). The van der Waals surface area contributed by atoms with E-state index in [0.29, 0.717) is 5.56 Å². The van der Waals surface area contributed by atoms with Crippen LogP contribution >= 0.6 is 0 Å². The average molecular weight is 243 g/mol. The van der Waals surface area contributed by atoms with E-state index in [2.05, 4.69) is 15.0 Å². The lowest BCUT2D eigenvalue weighted by atomic mass is 10.1. The van der Waals surface area contributed by atoms with Crippen LogP contribution in [0, 0.1) is 6.92 Å². The van der Waals surface area contributed by atoms with Gasteiger partial charge in [-0.2, -0.15) is 0 Å². The third-order valence-electron chi connectivity index (χ3n) is 2.93. The minimum absolute atomic E-state index is 0.0346. The molecule has 0 fully saturated rings. The first kappa shape index (κ1) is 12.1. The number of ketones is 1. The summed E-state index contributed by atoms with van der Waals surface area (Å²) in [5.74, 6) is 0.872. The SMILES string of the molecule is Cc1nc2cc(C(=O)CCN=[N+]=[N-])ccc2n1C. The van der Waals surface area contributed by atoms with E-state index in [1.807, 2.05) is 24.6 Å². The molecule has 0 saturated heterocycles. The molecule has 18 heavy (non-hydrogen) atoms. The smallest absolute Gasteiger partial charge is 0.163 e. The molecule has 0 aliphatic heterocycles. The second-order valence-corrected chi connectivity index (χ2v) is 4.05. The van der Waals surface area contributed by atoms with Gasteiger partial charge in [-0.25, -0.2) is 4.98 Å². The highest BCUT2D eigenvalue weighted by Gasteiger charge is 2.09. The van der Waals surface area contributed by atoms with Crippen LogP contribution in [-0.2, 0) is 7.05 Å². The molecule has 0 radical (unpaired) electrons. The Morgan fingerprint density at radius 1 is 1.56 bits per heavy atom. The largest absolute Gasteiger partial charge is 0.331 e. The summed E-state index contributed by atoms with van der Waals surface area (Å²) in [5.41, 5.74) is 10.6. The topological polar surface area (TPSA) is 83.7 Å². The second kappa shape index (κ2) is 4.89. The van der Waals surface area contributed by atoms with Crippen LogP contribution in [0.2, 0.25) is 0 Å². The van der Waals surface area contributed by atoms with E-state index in [-0.39, 0.29) is 18.7 Å². The number of imidazole rings is 1. The van der Waals surface area contributed by atoms with Gasteiger partial charge >= 0.3 is 0 Å². The molecular formula is C12H13N5O. The molecule has 0 aliphatic rings. The molecule has 2 aromatic rings. The molecular weight excluding hydrogens is 230 g/mol. The van der Waals surface area contributed by atoms with Gasteiger partial charge in [-0.05, 0) is 30.7 Å². The van der Waals surface area contributed by atoms with Gasteiger partial charge < -0.3 is 4.57 Å². The van der Waals surface area contributed by atoms with E-state index in [1.54, 1.807) is 12.1 Å². The van der Waals surface area contributed by atoms with Crippen molar-refractivity contribution in [2.75, 3.05) is 6.54 Å². The number of hydrogen-bond acceptors (Lipinski definition) is 3. The van der Waals surface area contributed by atoms with Gasteiger partial charge in [0, 0.05) is 30.5 Å². The molecule has 0 spiro atoms. The molecule has 1 heterocycles. The van der Waals surface area contributed by atoms with Crippen LogP contribution in [0.25, 0.3) is 21.5 Å². The van der Waals surface area contributed by atoms with Crippen LogP contribution < -0.4 is 0 Å². The van der Waals surface area contributed by atoms with Crippen molar-refractivity contribution in [2.24, 2.45) is 12.2 Å². The van der Waals surface area contributed by atoms with Crippen molar-refractivity contribution < 1.29 is 4.79 Å². The van der Waals surface area contributed by atoms with Crippen molar-refractivity contribution in [3.05, 3.63) is 40.0 Å². The maximum absolute atomic E-state index is 11.8. The van der Waals surface area contributed by atoms with Crippen LogP contribution in [0.15, 0.2) is 23.3 Å². The third kappa shape index (κ3) is 2.19. The number of rotatable bonds is 4. The molecule has 0 amide bonds. The zero-order valence-electron chi connectivity index (χ0n) is 10.3. The van der Waals surface area contributed by atoms with Crippen LogP contribution in [0.3, 0.4) is 0 Å². The third-order valence-corrected chi connectivity index (χ3v) is 2.93. The molecule has 0 aliphatic carbocycles. The normalized spacial score (nSPS) is 10.3. The van der Waals surface area contributed by atoms with Crippen molar-refractivity contribution in [3.63, 3.8) is 0 Å². The standard InChI is InChI=1S/C12H13N5O/c1-8-15-10-7-9(3-4-11(10)17(8)2)12(18)5-6-14-16-13/h3-4,7H,5-6H2,1-2H3. The van der Waals surface area contributed by atoms with Gasteiger partial charge in [-0.15, -0.1) is 0 Å². The van der Waals surface area contributed by atoms with E-state index in [4.69, 9.17) is 5.53 Å². The van der Waals surface area contributed by atoms with Gasteiger partial charge in [0.25, 0.3) is 0 Å². The van der Waals surface area contributed by atoms with Gasteiger partial charge in [0.1, 0.15) is 5.82 Å². The predicted octanol–water partition coefficient (Wildman–Crippen LogP) is 2.76. The van der Waals surface area contributed by atoms with Crippen molar-refractivity contribution in [3.8, 4) is 0 Å². The highest BCUT2D eigenvalue weighted by atomic mass is 16.1. The first-order valence-electron chi connectivity index (χ1n) is 5.60. The van der Waals surface area contributed by atoms with Gasteiger partial charge in [-0.1, -0.05) is 5.11 Å². The van der Waals surface area contributed by atoms with Gasteiger partial charge in [0.2, 0.25) is 0 Å². The zero-order valence-corrected chi connectivity index (χ0v) is 10.3. The van der Waals surface area contributed by atoms with E-state index < -0.39 is 0 Å². The first-order valence-corrected chi connectivity index (χ1v) is 5.60. The lowest BCUT2D eigenvalue weighted by molar-refractivity contribution is 0.0985. The molecule has 6 nitrogen and oxygen atoms in total. The molecule has 92 valence electrons. The summed E-state index contributed by atoms with van der Waals surface area (Å²) in [6.07, 6.45) is 0.224. The maximum atomic E-state index is 11.8. The van der Waals surface area contributed by atoms with Gasteiger partial charge in [0.15, 0.2) is 5.78 Å². The molecule has 0 saturated carbocycles. The predicted molar refractivity (Wildman–Crippen MR) is 68.4 cm³/mol. The Morgan fingerprint density at radius 2 is 2.33 bits per heavy atom. The summed E-state index contributed by atoms with van der Waals surface area (Å²) in [5, 5.41) is 3.36. The van der Waals surface area contributed by atoms with Crippen molar-refractivity contribution in [2.45, 2.75) is 13.3 Å².